The summed E-state index contributed by atoms with van der Waals surface area (Å²) in [4.78, 5) is 3.85. The van der Waals surface area contributed by atoms with E-state index in [1.54, 1.807) is 24.5 Å². The molecule has 0 aliphatic rings. The van der Waals surface area contributed by atoms with E-state index in [4.69, 9.17) is 0 Å². The molecule has 0 bridgehead atoms. The number of hydrogen-bond acceptors (Lipinski definition) is 3. The van der Waals surface area contributed by atoms with Crippen LogP contribution in [0.15, 0.2) is 24.5 Å². The fourth-order valence-corrected chi connectivity index (χ4v) is 1.67. The second-order valence-electron chi connectivity index (χ2n) is 2.90. The van der Waals surface area contributed by atoms with E-state index in [1.807, 2.05) is 0 Å². The molecule has 0 N–H and O–H groups in total. The topological polar surface area (TPSA) is 50.3 Å². The monoisotopic (exact) mass is 200 g/mol. The van der Waals surface area contributed by atoms with Crippen molar-refractivity contribution in [1.29, 1.82) is 0 Å². The second kappa shape index (κ2) is 3.85. The molecular formula is C8H12N2O2S. The van der Waals surface area contributed by atoms with Gasteiger partial charge in [0.25, 0.3) is 0 Å². The van der Waals surface area contributed by atoms with Gasteiger partial charge in [0.2, 0.25) is 10.0 Å². The zero-order valence-corrected chi connectivity index (χ0v) is 8.45. The van der Waals surface area contributed by atoms with Crippen molar-refractivity contribution >= 4 is 10.0 Å². The SMILES string of the molecule is CN(C)S(=O)(=O)Cc1cccnc1. The number of hydrogen-bond donors (Lipinski definition) is 0. The van der Waals surface area contributed by atoms with E-state index in [0.717, 1.165) is 0 Å². The van der Waals surface area contributed by atoms with Crippen LogP contribution in [0, 0.1) is 0 Å². The molecule has 1 rings (SSSR count). The lowest BCUT2D eigenvalue weighted by Gasteiger charge is -2.10. The first-order valence-electron chi connectivity index (χ1n) is 3.81. The van der Waals surface area contributed by atoms with Gasteiger partial charge in [0.15, 0.2) is 0 Å². The largest absolute Gasteiger partial charge is 0.264 e. The first kappa shape index (κ1) is 10.1. The molecule has 0 radical (unpaired) electrons. The summed E-state index contributed by atoms with van der Waals surface area (Å²) in [5.41, 5.74) is 0.705. The quantitative estimate of drug-likeness (QED) is 0.712. The predicted molar refractivity (Wildman–Crippen MR) is 50.5 cm³/mol. The molecule has 0 aliphatic carbocycles. The maximum Gasteiger partial charge on any atom is 0.217 e. The molecule has 0 saturated heterocycles. The average Bonchev–Trinajstić information content (AvgIpc) is 2.05. The van der Waals surface area contributed by atoms with Crippen LogP contribution in [0.5, 0.6) is 0 Å². The van der Waals surface area contributed by atoms with Crippen LogP contribution in [0.4, 0.5) is 0 Å². The van der Waals surface area contributed by atoms with Crippen LogP contribution in [0.3, 0.4) is 0 Å². The number of rotatable bonds is 3. The predicted octanol–water partition coefficient (Wildman–Crippen LogP) is 0.473. The van der Waals surface area contributed by atoms with Crippen LogP contribution in [0.1, 0.15) is 5.56 Å². The molecule has 0 atom stereocenters. The van der Waals surface area contributed by atoms with Crippen LogP contribution < -0.4 is 0 Å². The number of pyridine rings is 1. The highest BCUT2D eigenvalue weighted by molar-refractivity contribution is 7.88. The summed E-state index contributed by atoms with van der Waals surface area (Å²) in [6.45, 7) is 0. The molecule has 0 unspecified atom stereocenters. The fraction of sp³-hybridized carbons (Fsp3) is 0.375. The van der Waals surface area contributed by atoms with Crippen LogP contribution in [0.2, 0.25) is 0 Å². The van der Waals surface area contributed by atoms with E-state index in [9.17, 15) is 8.42 Å². The molecule has 0 spiro atoms. The minimum absolute atomic E-state index is 0.00778. The first-order chi connectivity index (χ1) is 6.02. The van der Waals surface area contributed by atoms with Crippen LogP contribution >= 0.6 is 0 Å². The van der Waals surface area contributed by atoms with Crippen molar-refractivity contribution in [3.8, 4) is 0 Å². The fourth-order valence-electron chi connectivity index (χ4n) is 0.823. The Morgan fingerprint density at radius 2 is 2.15 bits per heavy atom. The van der Waals surface area contributed by atoms with Crippen molar-refractivity contribution in [1.82, 2.24) is 9.29 Å². The van der Waals surface area contributed by atoms with Gasteiger partial charge < -0.3 is 0 Å². The Labute approximate surface area is 78.3 Å². The standard InChI is InChI=1S/C8H12N2O2S/c1-10(2)13(11,12)7-8-4-3-5-9-6-8/h3-6H,7H2,1-2H3. The smallest absolute Gasteiger partial charge is 0.217 e. The molecule has 5 heteroatoms. The van der Waals surface area contributed by atoms with Gasteiger partial charge in [-0.05, 0) is 11.6 Å². The third kappa shape index (κ3) is 2.78. The Balaban J connectivity index is 2.82. The van der Waals surface area contributed by atoms with Crippen LogP contribution in [-0.2, 0) is 15.8 Å². The summed E-state index contributed by atoms with van der Waals surface area (Å²) in [7, 11) is -0.119. The van der Waals surface area contributed by atoms with Gasteiger partial charge in [0, 0.05) is 26.5 Å². The lowest BCUT2D eigenvalue weighted by atomic mass is 10.3. The Bertz CT molecular complexity index is 359. The average molecular weight is 200 g/mol. The van der Waals surface area contributed by atoms with Crippen molar-refractivity contribution < 1.29 is 8.42 Å². The first-order valence-corrected chi connectivity index (χ1v) is 5.42. The van der Waals surface area contributed by atoms with E-state index in [-0.39, 0.29) is 5.75 Å². The molecule has 72 valence electrons. The Hall–Kier alpha value is -0.940. The molecule has 4 nitrogen and oxygen atoms in total. The van der Waals surface area contributed by atoms with E-state index in [2.05, 4.69) is 4.98 Å². The molecule has 0 aromatic carbocycles. The highest BCUT2D eigenvalue weighted by Crippen LogP contribution is 2.05. The van der Waals surface area contributed by atoms with Gasteiger partial charge in [-0.3, -0.25) is 4.98 Å². The number of sulfonamides is 1. The maximum atomic E-state index is 11.4. The lowest BCUT2D eigenvalue weighted by molar-refractivity contribution is 0.519. The van der Waals surface area contributed by atoms with Crippen LogP contribution in [0.25, 0.3) is 0 Å². The second-order valence-corrected chi connectivity index (χ2v) is 5.08. The van der Waals surface area contributed by atoms with E-state index >= 15 is 0 Å². The van der Waals surface area contributed by atoms with Crippen molar-refractivity contribution in [3.63, 3.8) is 0 Å². The van der Waals surface area contributed by atoms with Gasteiger partial charge in [0.05, 0.1) is 5.75 Å². The van der Waals surface area contributed by atoms with Crippen molar-refractivity contribution in [2.45, 2.75) is 5.75 Å². The van der Waals surface area contributed by atoms with Gasteiger partial charge in [-0.15, -0.1) is 0 Å². The molecule has 1 aromatic heterocycles. The third-order valence-electron chi connectivity index (χ3n) is 1.63. The highest BCUT2D eigenvalue weighted by atomic mass is 32.2. The van der Waals surface area contributed by atoms with E-state index in [1.165, 1.54) is 18.4 Å². The highest BCUT2D eigenvalue weighted by Gasteiger charge is 2.13. The molecule has 1 heterocycles. The Morgan fingerprint density at radius 3 is 2.62 bits per heavy atom. The summed E-state index contributed by atoms with van der Waals surface area (Å²) in [5.74, 6) is 0.00778. The van der Waals surface area contributed by atoms with Crippen molar-refractivity contribution in [2.75, 3.05) is 14.1 Å². The molecule has 1 aromatic rings. The molecule has 0 amide bonds. The van der Waals surface area contributed by atoms with E-state index in [0.29, 0.717) is 5.56 Å². The van der Waals surface area contributed by atoms with Gasteiger partial charge in [-0.1, -0.05) is 6.07 Å². The Morgan fingerprint density at radius 1 is 1.46 bits per heavy atom. The summed E-state index contributed by atoms with van der Waals surface area (Å²) in [6, 6.07) is 3.47. The van der Waals surface area contributed by atoms with E-state index < -0.39 is 10.0 Å². The van der Waals surface area contributed by atoms with Crippen molar-refractivity contribution in [2.24, 2.45) is 0 Å². The molecular weight excluding hydrogens is 188 g/mol. The van der Waals surface area contributed by atoms with Gasteiger partial charge >= 0.3 is 0 Å². The number of nitrogens with zero attached hydrogens (tertiary/aromatic N) is 2. The summed E-state index contributed by atoms with van der Waals surface area (Å²) in [6.07, 6.45) is 3.17. The third-order valence-corrected chi connectivity index (χ3v) is 3.44. The molecule has 0 saturated carbocycles. The summed E-state index contributed by atoms with van der Waals surface area (Å²) < 4.78 is 24.0. The van der Waals surface area contributed by atoms with Gasteiger partial charge in [0.1, 0.15) is 0 Å². The van der Waals surface area contributed by atoms with Gasteiger partial charge in [-0.2, -0.15) is 0 Å². The molecule has 0 aliphatic heterocycles. The summed E-state index contributed by atoms with van der Waals surface area (Å²) in [5, 5.41) is 0. The maximum absolute atomic E-state index is 11.4. The zero-order valence-electron chi connectivity index (χ0n) is 7.64. The summed E-state index contributed by atoms with van der Waals surface area (Å²) >= 11 is 0. The molecule has 13 heavy (non-hydrogen) atoms. The molecule has 0 fully saturated rings. The van der Waals surface area contributed by atoms with Crippen molar-refractivity contribution in [3.05, 3.63) is 30.1 Å². The lowest BCUT2D eigenvalue weighted by Crippen LogP contribution is -2.23. The minimum atomic E-state index is -3.16. The zero-order chi connectivity index (χ0) is 9.90. The normalized spacial score (nSPS) is 11.9. The van der Waals surface area contributed by atoms with Gasteiger partial charge in [-0.25, -0.2) is 12.7 Å². The van der Waals surface area contributed by atoms with Crippen LogP contribution in [-0.4, -0.2) is 31.8 Å². The minimum Gasteiger partial charge on any atom is -0.264 e. The number of aromatic nitrogens is 1. The Kier molecular flexibility index (Phi) is 3.00.